The van der Waals surface area contributed by atoms with Gasteiger partial charge in [0.2, 0.25) is 0 Å². The zero-order chi connectivity index (χ0) is 19.1. The van der Waals surface area contributed by atoms with Gasteiger partial charge in [0.1, 0.15) is 0 Å². The predicted octanol–water partition coefficient (Wildman–Crippen LogP) is 3.56. The monoisotopic (exact) mass is 407 g/mol. The van der Waals surface area contributed by atoms with Crippen LogP contribution in [0.15, 0.2) is 48.5 Å². The fourth-order valence-corrected chi connectivity index (χ4v) is 3.24. The molecule has 0 aliphatic carbocycles. The van der Waals surface area contributed by atoms with Gasteiger partial charge in [-0.3, -0.25) is 0 Å². The van der Waals surface area contributed by atoms with E-state index in [0.29, 0.717) is 36.3 Å². The molecule has 0 radical (unpaired) electrons. The van der Waals surface area contributed by atoms with Crippen LogP contribution in [0.3, 0.4) is 0 Å². The molecule has 0 aromatic heterocycles. The van der Waals surface area contributed by atoms with Gasteiger partial charge in [0.15, 0.2) is 0 Å². The highest BCUT2D eigenvalue weighted by atomic mass is 35.5. The summed E-state index contributed by atoms with van der Waals surface area (Å²) in [5.41, 5.74) is 2.24. The van der Waals surface area contributed by atoms with E-state index in [4.69, 9.17) is 27.9 Å². The molecule has 3 rings (SSSR count). The second-order valence-corrected chi connectivity index (χ2v) is 7.28. The molecule has 1 fully saturated rings. The summed E-state index contributed by atoms with van der Waals surface area (Å²) < 4.78 is 5.86. The third-order valence-corrected chi connectivity index (χ3v) is 5.21. The first-order valence-electron chi connectivity index (χ1n) is 8.97. The number of amides is 2. The van der Waals surface area contributed by atoms with E-state index in [-0.39, 0.29) is 18.2 Å². The lowest BCUT2D eigenvalue weighted by atomic mass is 10.1. The highest BCUT2D eigenvalue weighted by molar-refractivity contribution is 6.42. The number of carbonyl (C=O) groups excluding carboxylic acids is 1. The molecule has 1 aliphatic heterocycles. The van der Waals surface area contributed by atoms with Crippen LogP contribution in [0.2, 0.25) is 10.0 Å². The second-order valence-electron chi connectivity index (χ2n) is 6.46. The molecule has 7 heteroatoms. The summed E-state index contributed by atoms with van der Waals surface area (Å²) in [6, 6.07) is 15.5. The largest absolute Gasteiger partial charge is 0.373 e. The van der Waals surface area contributed by atoms with Gasteiger partial charge in [0.25, 0.3) is 0 Å². The maximum absolute atomic E-state index is 11.9. The minimum absolute atomic E-state index is 0.0655. The average Bonchev–Trinajstić information content (AvgIpc) is 2.70. The number of urea groups is 1. The minimum atomic E-state index is -0.180. The quantitative estimate of drug-likeness (QED) is 0.685. The van der Waals surface area contributed by atoms with Crippen LogP contribution >= 0.6 is 23.2 Å². The van der Waals surface area contributed by atoms with Crippen LogP contribution in [-0.2, 0) is 11.2 Å². The Balaban J connectivity index is 1.34. The maximum atomic E-state index is 11.9. The summed E-state index contributed by atoms with van der Waals surface area (Å²) in [6.07, 6.45) is 0.741. The Morgan fingerprint density at radius 3 is 2.63 bits per heavy atom. The van der Waals surface area contributed by atoms with Gasteiger partial charge in [0.05, 0.1) is 28.8 Å². The highest BCUT2D eigenvalue weighted by Gasteiger charge is 2.23. The Bertz CT molecular complexity index is 750. The lowest BCUT2D eigenvalue weighted by Crippen LogP contribution is -2.48. The molecule has 1 heterocycles. The second kappa shape index (κ2) is 9.95. The first kappa shape index (κ1) is 20.0. The number of nitrogens with one attached hydrogen (secondary N) is 3. The Kier molecular flexibility index (Phi) is 7.35. The molecule has 2 atom stereocenters. The molecule has 3 N–H and O–H groups in total. The molecule has 0 saturated carbocycles. The van der Waals surface area contributed by atoms with Crippen LogP contribution in [0.5, 0.6) is 0 Å². The minimum Gasteiger partial charge on any atom is -0.373 e. The normalized spacial score (nSPS) is 19.5. The van der Waals surface area contributed by atoms with Crippen molar-refractivity contribution < 1.29 is 9.53 Å². The number of hydrogen-bond donors (Lipinski definition) is 3. The molecule has 2 aromatic rings. The van der Waals surface area contributed by atoms with Gasteiger partial charge in [-0.05, 0) is 29.7 Å². The van der Waals surface area contributed by atoms with E-state index in [1.165, 1.54) is 5.56 Å². The Hall–Kier alpha value is -1.79. The number of ether oxygens (including phenoxy) is 1. The van der Waals surface area contributed by atoms with Crippen molar-refractivity contribution in [1.82, 2.24) is 16.0 Å². The molecular formula is C20H23Cl2N3O2. The predicted molar refractivity (Wildman–Crippen MR) is 108 cm³/mol. The van der Waals surface area contributed by atoms with Crippen LogP contribution in [-0.4, -0.2) is 38.4 Å². The van der Waals surface area contributed by atoms with Gasteiger partial charge < -0.3 is 20.7 Å². The third kappa shape index (κ3) is 6.11. The molecule has 5 nitrogen and oxygen atoms in total. The van der Waals surface area contributed by atoms with Crippen molar-refractivity contribution in [3.63, 3.8) is 0 Å². The van der Waals surface area contributed by atoms with E-state index >= 15 is 0 Å². The highest BCUT2D eigenvalue weighted by Crippen LogP contribution is 2.26. The lowest BCUT2D eigenvalue weighted by molar-refractivity contribution is 0.00600. The molecule has 0 bridgehead atoms. The van der Waals surface area contributed by atoms with Crippen LogP contribution in [0.1, 0.15) is 17.2 Å². The summed E-state index contributed by atoms with van der Waals surface area (Å²) >= 11 is 12.0. The molecule has 0 spiro atoms. The average molecular weight is 408 g/mol. The number of benzene rings is 2. The number of carbonyl (C=O) groups is 1. The van der Waals surface area contributed by atoms with Gasteiger partial charge in [-0.1, -0.05) is 59.6 Å². The molecule has 2 aromatic carbocycles. The lowest BCUT2D eigenvalue weighted by Gasteiger charge is -2.31. The molecule has 144 valence electrons. The Labute approximate surface area is 169 Å². The summed E-state index contributed by atoms with van der Waals surface area (Å²) in [5.74, 6) is 0. The summed E-state index contributed by atoms with van der Waals surface area (Å²) in [4.78, 5) is 11.9. The standard InChI is InChI=1S/C20H23Cl2N3O2/c21-17-7-6-15(10-18(17)22)19-13-27-16(11-24-19)12-25-20(26)23-9-8-14-4-2-1-3-5-14/h1-7,10,16,19,24H,8-9,11-13H2,(H2,23,25,26). The van der Waals surface area contributed by atoms with Gasteiger partial charge in [-0.2, -0.15) is 0 Å². The van der Waals surface area contributed by atoms with Crippen LogP contribution in [0.25, 0.3) is 0 Å². The van der Waals surface area contributed by atoms with E-state index < -0.39 is 0 Å². The topological polar surface area (TPSA) is 62.4 Å². The third-order valence-electron chi connectivity index (χ3n) is 4.47. The fourth-order valence-electron chi connectivity index (χ4n) is 2.93. The van der Waals surface area contributed by atoms with Gasteiger partial charge in [-0.15, -0.1) is 0 Å². The SMILES string of the molecule is O=C(NCCc1ccccc1)NCC1CNC(c2ccc(Cl)c(Cl)c2)CO1. The summed E-state index contributed by atoms with van der Waals surface area (Å²) in [7, 11) is 0. The number of rotatable bonds is 6. The molecule has 1 saturated heterocycles. The van der Waals surface area contributed by atoms with Crippen LogP contribution in [0, 0.1) is 0 Å². The first-order chi connectivity index (χ1) is 13.1. The number of hydrogen-bond acceptors (Lipinski definition) is 3. The van der Waals surface area contributed by atoms with Gasteiger partial charge in [0, 0.05) is 19.6 Å². The number of morpholine rings is 1. The summed E-state index contributed by atoms with van der Waals surface area (Å²) in [5, 5.41) is 10.2. The van der Waals surface area contributed by atoms with Crippen molar-refractivity contribution in [1.29, 1.82) is 0 Å². The summed E-state index contributed by atoms with van der Waals surface area (Å²) in [6.45, 7) is 2.21. The van der Waals surface area contributed by atoms with Crippen molar-refractivity contribution in [3.8, 4) is 0 Å². The zero-order valence-corrected chi connectivity index (χ0v) is 16.4. The van der Waals surface area contributed by atoms with E-state index in [0.717, 1.165) is 12.0 Å². The van der Waals surface area contributed by atoms with E-state index in [1.807, 2.05) is 42.5 Å². The van der Waals surface area contributed by atoms with Crippen LogP contribution in [0.4, 0.5) is 4.79 Å². The molecule has 2 unspecified atom stereocenters. The number of halogens is 2. The smallest absolute Gasteiger partial charge is 0.314 e. The van der Waals surface area contributed by atoms with E-state index in [2.05, 4.69) is 16.0 Å². The van der Waals surface area contributed by atoms with E-state index in [9.17, 15) is 4.79 Å². The molecule has 1 aliphatic rings. The van der Waals surface area contributed by atoms with Crippen LogP contribution < -0.4 is 16.0 Å². The molecule has 2 amide bonds. The fraction of sp³-hybridized carbons (Fsp3) is 0.350. The van der Waals surface area contributed by atoms with Crippen molar-refractivity contribution in [3.05, 3.63) is 69.7 Å². The molecular weight excluding hydrogens is 385 g/mol. The Morgan fingerprint density at radius 2 is 1.93 bits per heavy atom. The van der Waals surface area contributed by atoms with Gasteiger partial charge in [-0.25, -0.2) is 4.79 Å². The Morgan fingerprint density at radius 1 is 1.11 bits per heavy atom. The molecule has 27 heavy (non-hydrogen) atoms. The first-order valence-corrected chi connectivity index (χ1v) is 9.73. The van der Waals surface area contributed by atoms with Crippen molar-refractivity contribution in [2.24, 2.45) is 0 Å². The van der Waals surface area contributed by atoms with Crippen molar-refractivity contribution in [2.75, 3.05) is 26.2 Å². The van der Waals surface area contributed by atoms with Crippen molar-refractivity contribution >= 4 is 29.2 Å². The zero-order valence-electron chi connectivity index (χ0n) is 14.9. The van der Waals surface area contributed by atoms with Crippen molar-refractivity contribution in [2.45, 2.75) is 18.6 Å². The van der Waals surface area contributed by atoms with Gasteiger partial charge >= 0.3 is 6.03 Å². The maximum Gasteiger partial charge on any atom is 0.314 e. The van der Waals surface area contributed by atoms with E-state index in [1.54, 1.807) is 6.07 Å².